The Morgan fingerprint density at radius 1 is 1.21 bits per heavy atom. The highest BCUT2D eigenvalue weighted by atomic mass is 32.1. The van der Waals surface area contributed by atoms with Gasteiger partial charge in [-0.25, -0.2) is 4.98 Å². The maximum atomic E-state index is 12.5. The van der Waals surface area contributed by atoms with Crippen LogP contribution in [0.25, 0.3) is 0 Å². The van der Waals surface area contributed by atoms with Gasteiger partial charge in [0.2, 0.25) is 5.91 Å². The first-order valence-corrected chi connectivity index (χ1v) is 8.46. The van der Waals surface area contributed by atoms with Crippen LogP contribution in [-0.2, 0) is 4.79 Å². The van der Waals surface area contributed by atoms with Crippen LogP contribution in [0.5, 0.6) is 5.75 Å². The lowest BCUT2D eigenvalue weighted by atomic mass is 10.0. The van der Waals surface area contributed by atoms with E-state index in [2.05, 4.69) is 15.6 Å². The second kappa shape index (κ2) is 7.92. The summed E-state index contributed by atoms with van der Waals surface area (Å²) in [6, 6.07) is 6.08. The number of nitrogens with zero attached hydrogens (tertiary/aromatic N) is 1. The fraction of sp³-hybridized carbons (Fsp3) is 0.353. The fourth-order valence-corrected chi connectivity index (χ4v) is 2.79. The molecule has 1 atom stereocenters. The van der Waals surface area contributed by atoms with E-state index in [4.69, 9.17) is 4.74 Å². The van der Waals surface area contributed by atoms with Crippen LogP contribution in [0.15, 0.2) is 29.6 Å². The zero-order chi connectivity index (χ0) is 17.7. The molecule has 0 unspecified atom stereocenters. The van der Waals surface area contributed by atoms with Crippen LogP contribution >= 0.6 is 11.3 Å². The minimum absolute atomic E-state index is 0.0618. The van der Waals surface area contributed by atoms with Crippen molar-refractivity contribution in [2.75, 3.05) is 12.4 Å². The van der Waals surface area contributed by atoms with Crippen LogP contribution in [0.4, 0.5) is 5.13 Å². The minimum Gasteiger partial charge on any atom is -0.497 e. The number of ether oxygens (including phenoxy) is 1. The van der Waals surface area contributed by atoms with Gasteiger partial charge in [0.05, 0.1) is 12.8 Å². The van der Waals surface area contributed by atoms with Gasteiger partial charge in [0.1, 0.15) is 11.8 Å². The summed E-state index contributed by atoms with van der Waals surface area (Å²) < 4.78 is 5.07. The average molecular weight is 347 g/mol. The number of hydrogen-bond donors (Lipinski definition) is 2. The lowest BCUT2D eigenvalue weighted by Crippen LogP contribution is -2.47. The molecule has 0 aliphatic rings. The van der Waals surface area contributed by atoms with Crippen molar-refractivity contribution in [1.29, 1.82) is 0 Å². The Labute approximate surface area is 145 Å². The molecule has 2 rings (SSSR count). The van der Waals surface area contributed by atoms with Gasteiger partial charge in [0, 0.05) is 10.9 Å². The summed E-state index contributed by atoms with van der Waals surface area (Å²) in [6.07, 6.45) is 0. The van der Waals surface area contributed by atoms with Crippen molar-refractivity contribution in [2.24, 2.45) is 5.92 Å². The van der Waals surface area contributed by atoms with Crippen molar-refractivity contribution in [3.63, 3.8) is 0 Å². The maximum absolute atomic E-state index is 12.5. The average Bonchev–Trinajstić information content (AvgIpc) is 2.96. The third-order valence-corrected chi connectivity index (χ3v) is 4.31. The molecule has 1 heterocycles. The quantitative estimate of drug-likeness (QED) is 0.842. The first kappa shape index (κ1) is 17.9. The Kier molecular flexibility index (Phi) is 5.92. The molecule has 0 spiro atoms. The molecule has 1 aromatic heterocycles. The maximum Gasteiger partial charge on any atom is 0.251 e. The standard InChI is InChI=1S/C17H21N3O3S/c1-10(2)14(16(22)20-17-18-11(3)9-24-17)19-15(21)12-5-7-13(23-4)8-6-12/h5-10,14H,1-4H3,(H,19,21)(H,18,20,22)/t14-/m1/s1. The van der Waals surface area contributed by atoms with Gasteiger partial charge in [-0.1, -0.05) is 13.8 Å². The van der Waals surface area contributed by atoms with Crippen molar-refractivity contribution < 1.29 is 14.3 Å². The first-order valence-electron chi connectivity index (χ1n) is 7.58. The van der Waals surface area contributed by atoms with E-state index < -0.39 is 6.04 Å². The summed E-state index contributed by atoms with van der Waals surface area (Å²) in [5, 5.41) is 7.92. The van der Waals surface area contributed by atoms with Gasteiger partial charge in [-0.3, -0.25) is 9.59 Å². The molecule has 0 fully saturated rings. The Morgan fingerprint density at radius 2 is 1.88 bits per heavy atom. The van der Waals surface area contributed by atoms with Crippen molar-refractivity contribution in [1.82, 2.24) is 10.3 Å². The zero-order valence-corrected chi connectivity index (χ0v) is 14.9. The fourth-order valence-electron chi connectivity index (χ4n) is 2.10. The molecular formula is C17H21N3O3S. The van der Waals surface area contributed by atoms with Gasteiger partial charge in [-0.2, -0.15) is 0 Å². The van der Waals surface area contributed by atoms with E-state index in [1.54, 1.807) is 31.4 Å². The molecule has 7 heteroatoms. The zero-order valence-electron chi connectivity index (χ0n) is 14.1. The number of methoxy groups -OCH3 is 1. The second-order valence-electron chi connectivity index (χ2n) is 5.71. The van der Waals surface area contributed by atoms with E-state index in [9.17, 15) is 9.59 Å². The Morgan fingerprint density at radius 3 is 2.38 bits per heavy atom. The molecule has 0 saturated carbocycles. The molecule has 1 aromatic carbocycles. The van der Waals surface area contributed by atoms with Gasteiger partial charge < -0.3 is 15.4 Å². The summed E-state index contributed by atoms with van der Waals surface area (Å²) >= 11 is 1.36. The van der Waals surface area contributed by atoms with Crippen LogP contribution in [0, 0.1) is 12.8 Å². The van der Waals surface area contributed by atoms with E-state index in [-0.39, 0.29) is 17.7 Å². The Bertz CT molecular complexity index is 710. The molecule has 0 aliphatic carbocycles. The van der Waals surface area contributed by atoms with E-state index in [1.807, 2.05) is 26.2 Å². The number of carbonyl (C=O) groups excluding carboxylic acids is 2. The predicted octanol–water partition coefficient (Wildman–Crippen LogP) is 2.85. The molecule has 2 N–H and O–H groups in total. The molecular weight excluding hydrogens is 326 g/mol. The number of anilines is 1. The molecule has 0 radical (unpaired) electrons. The Hall–Kier alpha value is -2.41. The van der Waals surface area contributed by atoms with Gasteiger partial charge in [0.15, 0.2) is 5.13 Å². The number of aromatic nitrogens is 1. The van der Waals surface area contributed by atoms with Crippen molar-refractivity contribution in [3.05, 3.63) is 40.9 Å². The highest BCUT2D eigenvalue weighted by molar-refractivity contribution is 7.13. The van der Waals surface area contributed by atoms with Crippen molar-refractivity contribution in [2.45, 2.75) is 26.8 Å². The molecule has 0 aliphatic heterocycles. The molecule has 24 heavy (non-hydrogen) atoms. The van der Waals surface area contributed by atoms with E-state index in [0.29, 0.717) is 16.4 Å². The van der Waals surface area contributed by atoms with Crippen molar-refractivity contribution >= 4 is 28.3 Å². The highest BCUT2D eigenvalue weighted by Crippen LogP contribution is 2.16. The second-order valence-corrected chi connectivity index (χ2v) is 6.57. The van der Waals surface area contributed by atoms with E-state index >= 15 is 0 Å². The third-order valence-electron chi connectivity index (χ3n) is 3.44. The first-order chi connectivity index (χ1) is 11.4. The largest absolute Gasteiger partial charge is 0.497 e. The van der Waals surface area contributed by atoms with Crippen LogP contribution in [-0.4, -0.2) is 29.9 Å². The minimum atomic E-state index is -0.649. The number of aryl methyl sites for hydroxylation is 1. The number of hydrogen-bond acceptors (Lipinski definition) is 5. The lowest BCUT2D eigenvalue weighted by molar-refractivity contribution is -0.118. The van der Waals surface area contributed by atoms with Gasteiger partial charge in [-0.15, -0.1) is 11.3 Å². The number of carbonyl (C=O) groups is 2. The highest BCUT2D eigenvalue weighted by Gasteiger charge is 2.25. The number of thiazole rings is 1. The topological polar surface area (TPSA) is 80.3 Å². The van der Waals surface area contributed by atoms with Gasteiger partial charge in [0.25, 0.3) is 5.91 Å². The van der Waals surface area contributed by atoms with Crippen molar-refractivity contribution in [3.8, 4) is 5.75 Å². The smallest absolute Gasteiger partial charge is 0.251 e. The molecule has 0 bridgehead atoms. The Balaban J connectivity index is 2.06. The SMILES string of the molecule is COc1ccc(C(=O)N[C@@H](C(=O)Nc2nc(C)cs2)C(C)C)cc1. The molecule has 2 aromatic rings. The summed E-state index contributed by atoms with van der Waals surface area (Å²) in [5.41, 5.74) is 1.32. The molecule has 0 saturated heterocycles. The summed E-state index contributed by atoms with van der Waals surface area (Å²) in [7, 11) is 1.56. The summed E-state index contributed by atoms with van der Waals surface area (Å²) in [6.45, 7) is 5.62. The summed E-state index contributed by atoms with van der Waals surface area (Å²) in [4.78, 5) is 29.0. The predicted molar refractivity (Wildman–Crippen MR) is 94.6 cm³/mol. The number of rotatable bonds is 6. The normalized spacial score (nSPS) is 11.9. The monoisotopic (exact) mass is 347 g/mol. The number of amides is 2. The molecule has 6 nitrogen and oxygen atoms in total. The van der Waals surface area contributed by atoms with E-state index in [1.165, 1.54) is 11.3 Å². The van der Waals surface area contributed by atoms with Crippen LogP contribution < -0.4 is 15.4 Å². The summed E-state index contributed by atoms with van der Waals surface area (Å²) in [5.74, 6) is 0.0279. The number of nitrogens with one attached hydrogen (secondary N) is 2. The van der Waals surface area contributed by atoms with Gasteiger partial charge in [-0.05, 0) is 37.1 Å². The third kappa shape index (κ3) is 4.55. The van der Waals surface area contributed by atoms with Crippen LogP contribution in [0.3, 0.4) is 0 Å². The van der Waals surface area contributed by atoms with Crippen LogP contribution in [0.2, 0.25) is 0 Å². The van der Waals surface area contributed by atoms with Gasteiger partial charge >= 0.3 is 0 Å². The van der Waals surface area contributed by atoms with Crippen LogP contribution in [0.1, 0.15) is 29.9 Å². The van der Waals surface area contributed by atoms with E-state index in [0.717, 1.165) is 5.69 Å². The lowest BCUT2D eigenvalue weighted by Gasteiger charge is -2.21. The number of benzene rings is 1. The molecule has 2 amide bonds. The molecule has 128 valence electrons.